The molecule has 3 nitrogen and oxygen atoms in total. The van der Waals surface area contributed by atoms with E-state index in [2.05, 4.69) is 23.1 Å². The minimum Gasteiger partial charge on any atom is -0.497 e. The molecule has 17 heavy (non-hydrogen) atoms. The van der Waals surface area contributed by atoms with E-state index in [1.54, 1.807) is 7.11 Å². The van der Waals surface area contributed by atoms with E-state index >= 15 is 0 Å². The van der Waals surface area contributed by atoms with Gasteiger partial charge in [0.15, 0.2) is 0 Å². The molecule has 0 aliphatic carbocycles. The van der Waals surface area contributed by atoms with E-state index in [1.165, 1.54) is 18.4 Å². The molecule has 3 heteroatoms. The lowest BCUT2D eigenvalue weighted by molar-refractivity contribution is 0.164. The highest BCUT2D eigenvalue weighted by molar-refractivity contribution is 5.31. The van der Waals surface area contributed by atoms with E-state index in [0.29, 0.717) is 5.92 Å². The molecule has 1 aromatic carbocycles. The predicted octanol–water partition coefficient (Wildman–Crippen LogP) is 1.87. The van der Waals surface area contributed by atoms with Gasteiger partial charge in [0.05, 0.1) is 13.7 Å². The van der Waals surface area contributed by atoms with E-state index in [1.807, 2.05) is 6.07 Å². The third kappa shape index (κ3) is 3.20. The first-order valence-corrected chi connectivity index (χ1v) is 6.30. The van der Waals surface area contributed by atoms with Gasteiger partial charge in [0, 0.05) is 6.54 Å². The SMILES string of the molecule is COc1cccc(C2CCN(CCO)CC2)c1. The van der Waals surface area contributed by atoms with Crippen LogP contribution in [-0.2, 0) is 0 Å². The second-order valence-electron chi connectivity index (χ2n) is 4.62. The van der Waals surface area contributed by atoms with Crippen LogP contribution >= 0.6 is 0 Å². The second-order valence-corrected chi connectivity index (χ2v) is 4.62. The molecular weight excluding hydrogens is 214 g/mol. The molecule has 1 heterocycles. The van der Waals surface area contributed by atoms with Crippen LogP contribution in [0.3, 0.4) is 0 Å². The first-order valence-electron chi connectivity index (χ1n) is 6.30. The lowest BCUT2D eigenvalue weighted by Crippen LogP contribution is -2.34. The highest BCUT2D eigenvalue weighted by atomic mass is 16.5. The largest absolute Gasteiger partial charge is 0.497 e. The van der Waals surface area contributed by atoms with Crippen LogP contribution in [0.25, 0.3) is 0 Å². The molecule has 94 valence electrons. The Hall–Kier alpha value is -1.06. The molecule has 0 spiro atoms. The zero-order chi connectivity index (χ0) is 12.1. The summed E-state index contributed by atoms with van der Waals surface area (Å²) in [5, 5.41) is 8.91. The van der Waals surface area contributed by atoms with E-state index in [4.69, 9.17) is 9.84 Å². The molecule has 0 unspecified atom stereocenters. The van der Waals surface area contributed by atoms with E-state index in [9.17, 15) is 0 Å². The average molecular weight is 235 g/mol. The summed E-state index contributed by atoms with van der Waals surface area (Å²) in [6, 6.07) is 8.39. The number of piperidine rings is 1. The minimum atomic E-state index is 0.268. The minimum absolute atomic E-state index is 0.268. The molecule has 0 atom stereocenters. The van der Waals surface area contributed by atoms with Crippen molar-refractivity contribution in [1.29, 1.82) is 0 Å². The van der Waals surface area contributed by atoms with Crippen LogP contribution in [0.1, 0.15) is 24.3 Å². The standard InChI is InChI=1S/C14H21NO2/c1-17-14-4-2-3-13(11-14)12-5-7-15(8-6-12)9-10-16/h2-4,11-12,16H,5-10H2,1H3. The maximum atomic E-state index is 8.91. The monoisotopic (exact) mass is 235 g/mol. The van der Waals surface area contributed by atoms with Crippen LogP contribution in [-0.4, -0.2) is 43.4 Å². The fraction of sp³-hybridized carbons (Fsp3) is 0.571. The summed E-state index contributed by atoms with van der Waals surface area (Å²) in [6.45, 7) is 3.25. The number of hydrogen-bond acceptors (Lipinski definition) is 3. The number of methoxy groups -OCH3 is 1. The summed E-state index contributed by atoms with van der Waals surface area (Å²) in [7, 11) is 1.71. The van der Waals surface area contributed by atoms with Crippen LogP contribution in [0.2, 0.25) is 0 Å². The van der Waals surface area contributed by atoms with Crippen molar-refractivity contribution >= 4 is 0 Å². The number of likely N-dealkylation sites (tertiary alicyclic amines) is 1. The number of ether oxygens (including phenoxy) is 1. The van der Waals surface area contributed by atoms with Crippen LogP contribution in [0.4, 0.5) is 0 Å². The Morgan fingerprint density at radius 3 is 2.76 bits per heavy atom. The van der Waals surface area contributed by atoms with Crippen LogP contribution in [0.15, 0.2) is 24.3 Å². The smallest absolute Gasteiger partial charge is 0.119 e. The Bertz CT molecular complexity index is 346. The Kier molecular flexibility index (Phi) is 4.40. The summed E-state index contributed by atoms with van der Waals surface area (Å²) in [5.74, 6) is 1.58. The highest BCUT2D eigenvalue weighted by Gasteiger charge is 2.20. The second kappa shape index (κ2) is 6.03. The normalized spacial score (nSPS) is 18.2. The van der Waals surface area contributed by atoms with Crippen molar-refractivity contribution in [2.45, 2.75) is 18.8 Å². The van der Waals surface area contributed by atoms with Gasteiger partial charge in [0.2, 0.25) is 0 Å². The molecule has 0 aromatic heterocycles. The van der Waals surface area contributed by atoms with Crippen LogP contribution in [0, 0.1) is 0 Å². The van der Waals surface area contributed by atoms with Gasteiger partial charge in [-0.2, -0.15) is 0 Å². The topological polar surface area (TPSA) is 32.7 Å². The number of nitrogens with zero attached hydrogens (tertiary/aromatic N) is 1. The predicted molar refractivity (Wildman–Crippen MR) is 68.5 cm³/mol. The molecule has 1 fully saturated rings. The third-order valence-electron chi connectivity index (χ3n) is 3.57. The number of β-amino-alcohol motifs (C(OH)–C–C–N with tert-alkyl or cyclic N) is 1. The van der Waals surface area contributed by atoms with Gasteiger partial charge in [0.25, 0.3) is 0 Å². The molecule has 2 rings (SSSR count). The van der Waals surface area contributed by atoms with Crippen molar-refractivity contribution in [3.63, 3.8) is 0 Å². The van der Waals surface area contributed by atoms with Crippen molar-refractivity contribution in [3.05, 3.63) is 29.8 Å². The highest BCUT2D eigenvalue weighted by Crippen LogP contribution is 2.29. The first-order chi connectivity index (χ1) is 8.33. The van der Waals surface area contributed by atoms with Gasteiger partial charge in [-0.05, 0) is 49.5 Å². The summed E-state index contributed by atoms with van der Waals surface area (Å²) >= 11 is 0. The number of rotatable bonds is 4. The van der Waals surface area contributed by atoms with Crippen molar-refractivity contribution in [3.8, 4) is 5.75 Å². The van der Waals surface area contributed by atoms with Gasteiger partial charge < -0.3 is 14.7 Å². The van der Waals surface area contributed by atoms with Gasteiger partial charge in [-0.3, -0.25) is 0 Å². The summed E-state index contributed by atoms with van der Waals surface area (Å²) in [4.78, 5) is 2.33. The number of aliphatic hydroxyl groups is 1. The number of aliphatic hydroxyl groups excluding tert-OH is 1. The average Bonchev–Trinajstić information content (AvgIpc) is 2.40. The fourth-order valence-electron chi connectivity index (χ4n) is 2.53. The molecule has 1 aliphatic heterocycles. The molecule has 0 bridgehead atoms. The van der Waals surface area contributed by atoms with Gasteiger partial charge >= 0.3 is 0 Å². The molecule has 1 aliphatic rings. The van der Waals surface area contributed by atoms with Gasteiger partial charge in [-0.15, -0.1) is 0 Å². The van der Waals surface area contributed by atoms with Gasteiger partial charge in [0.1, 0.15) is 5.75 Å². The summed E-state index contributed by atoms with van der Waals surface area (Å²) < 4.78 is 5.26. The quantitative estimate of drug-likeness (QED) is 0.864. The first kappa shape index (κ1) is 12.4. The molecule has 0 amide bonds. The lowest BCUT2D eigenvalue weighted by Gasteiger charge is -2.31. The van der Waals surface area contributed by atoms with E-state index in [0.717, 1.165) is 25.4 Å². The fourth-order valence-corrected chi connectivity index (χ4v) is 2.53. The zero-order valence-corrected chi connectivity index (χ0v) is 10.4. The Balaban J connectivity index is 1.95. The van der Waals surface area contributed by atoms with Gasteiger partial charge in [-0.1, -0.05) is 12.1 Å². The molecular formula is C14H21NO2. The number of benzene rings is 1. The summed E-state index contributed by atoms with van der Waals surface area (Å²) in [5.41, 5.74) is 1.38. The summed E-state index contributed by atoms with van der Waals surface area (Å²) in [6.07, 6.45) is 2.35. The molecule has 1 aromatic rings. The Labute approximate surface area is 103 Å². The maximum absolute atomic E-state index is 8.91. The molecule has 0 saturated carbocycles. The Morgan fingerprint density at radius 1 is 1.35 bits per heavy atom. The molecule has 1 N–H and O–H groups in total. The van der Waals surface area contributed by atoms with Crippen LogP contribution in [0.5, 0.6) is 5.75 Å². The Morgan fingerprint density at radius 2 is 2.12 bits per heavy atom. The van der Waals surface area contributed by atoms with E-state index < -0.39 is 0 Å². The lowest BCUT2D eigenvalue weighted by atomic mass is 9.89. The third-order valence-corrected chi connectivity index (χ3v) is 3.57. The van der Waals surface area contributed by atoms with Gasteiger partial charge in [-0.25, -0.2) is 0 Å². The van der Waals surface area contributed by atoms with Crippen molar-refractivity contribution in [1.82, 2.24) is 4.90 Å². The van der Waals surface area contributed by atoms with Crippen LogP contribution < -0.4 is 4.74 Å². The van der Waals surface area contributed by atoms with Crippen molar-refractivity contribution < 1.29 is 9.84 Å². The van der Waals surface area contributed by atoms with E-state index in [-0.39, 0.29) is 6.61 Å². The van der Waals surface area contributed by atoms with Crippen molar-refractivity contribution in [2.24, 2.45) is 0 Å². The molecule has 1 saturated heterocycles. The maximum Gasteiger partial charge on any atom is 0.119 e. The zero-order valence-electron chi connectivity index (χ0n) is 10.4. The molecule has 0 radical (unpaired) electrons. The van der Waals surface area contributed by atoms with Crippen molar-refractivity contribution in [2.75, 3.05) is 33.4 Å². The number of hydrogen-bond donors (Lipinski definition) is 1.